The summed E-state index contributed by atoms with van der Waals surface area (Å²) in [7, 11) is 0. The number of anilines is 1. The molecule has 31 heavy (non-hydrogen) atoms. The Labute approximate surface area is 184 Å². The first-order valence-corrected chi connectivity index (χ1v) is 10.9. The van der Waals surface area contributed by atoms with Crippen LogP contribution < -0.4 is 10.6 Å². The molecule has 2 amide bonds. The molecule has 0 aliphatic carbocycles. The van der Waals surface area contributed by atoms with Crippen LogP contribution in [0.3, 0.4) is 0 Å². The van der Waals surface area contributed by atoms with Crippen molar-refractivity contribution in [2.24, 2.45) is 0 Å². The maximum atomic E-state index is 12.2. The minimum Gasteiger partial charge on any atom is -0.347 e. The molecule has 8 heteroatoms. The number of aromatic nitrogens is 3. The molecule has 0 fully saturated rings. The molecule has 4 aromatic rings. The van der Waals surface area contributed by atoms with Gasteiger partial charge in [-0.1, -0.05) is 35.9 Å². The van der Waals surface area contributed by atoms with Crippen molar-refractivity contribution in [3.8, 4) is 11.4 Å². The van der Waals surface area contributed by atoms with E-state index in [0.29, 0.717) is 24.5 Å². The first kappa shape index (κ1) is 20.7. The van der Waals surface area contributed by atoms with Gasteiger partial charge in [0.05, 0.1) is 5.69 Å². The second-order valence-electron chi connectivity index (χ2n) is 7.50. The third-order valence-corrected chi connectivity index (χ3v) is 5.81. The summed E-state index contributed by atoms with van der Waals surface area (Å²) in [6.07, 6.45) is 0.541. The molecule has 2 aromatic carbocycles. The summed E-state index contributed by atoms with van der Waals surface area (Å²) < 4.78 is 1.80. The average molecular weight is 434 g/mol. The average Bonchev–Trinajstić information content (AvgIpc) is 3.32. The Bertz CT molecular complexity index is 1270. The van der Waals surface area contributed by atoms with Crippen LogP contribution in [-0.4, -0.2) is 33.0 Å². The van der Waals surface area contributed by atoms with E-state index in [0.717, 1.165) is 32.9 Å². The molecular formula is C23H23N5O2S. The number of thiazole rings is 1. The summed E-state index contributed by atoms with van der Waals surface area (Å²) in [5, 5.41) is 11.9. The number of nitrogens with one attached hydrogen (secondary N) is 2. The number of fused-ring (bicyclic) bond motifs is 1. The quantitative estimate of drug-likeness (QED) is 0.470. The first-order chi connectivity index (χ1) is 14.9. The Morgan fingerprint density at radius 3 is 2.65 bits per heavy atom. The van der Waals surface area contributed by atoms with Crippen molar-refractivity contribution in [2.75, 3.05) is 11.9 Å². The molecule has 4 rings (SSSR count). The van der Waals surface area contributed by atoms with Crippen molar-refractivity contribution in [1.82, 2.24) is 19.9 Å². The standard InChI is InChI=1S/C23H23N5O2S/c1-14-5-4-6-17(11-14)20-26-23-28(27-20)18(13-31-23)9-10-24-21(29)22(30)25-19-12-15(2)7-8-16(19)3/h4-8,11-13H,9-10H2,1-3H3,(H,24,29)(H,25,30). The van der Waals surface area contributed by atoms with Gasteiger partial charge in [0.25, 0.3) is 0 Å². The molecule has 0 bridgehead atoms. The highest BCUT2D eigenvalue weighted by molar-refractivity contribution is 7.15. The van der Waals surface area contributed by atoms with Crippen LogP contribution in [0.2, 0.25) is 0 Å². The van der Waals surface area contributed by atoms with Gasteiger partial charge in [-0.05, 0) is 44.0 Å². The summed E-state index contributed by atoms with van der Waals surface area (Å²) in [4.78, 5) is 29.8. The number of nitrogens with zero attached hydrogens (tertiary/aromatic N) is 3. The molecule has 7 nitrogen and oxygen atoms in total. The van der Waals surface area contributed by atoms with Crippen LogP contribution in [0.4, 0.5) is 5.69 Å². The third kappa shape index (κ3) is 4.64. The minimum absolute atomic E-state index is 0.324. The van der Waals surface area contributed by atoms with Crippen LogP contribution in [0.1, 0.15) is 22.4 Å². The Hall–Kier alpha value is -3.52. The Kier molecular flexibility index (Phi) is 5.81. The van der Waals surface area contributed by atoms with Crippen LogP contribution in [0.5, 0.6) is 0 Å². The van der Waals surface area contributed by atoms with E-state index >= 15 is 0 Å². The molecule has 2 aromatic heterocycles. The smallest absolute Gasteiger partial charge is 0.313 e. The fraction of sp³-hybridized carbons (Fsp3) is 0.217. The SMILES string of the molecule is Cc1cccc(-c2nc3scc(CCNC(=O)C(=O)Nc4cc(C)ccc4C)n3n2)c1. The van der Waals surface area contributed by atoms with Crippen molar-refractivity contribution in [1.29, 1.82) is 0 Å². The molecule has 0 aliphatic rings. The van der Waals surface area contributed by atoms with Gasteiger partial charge in [-0.15, -0.1) is 16.4 Å². The lowest BCUT2D eigenvalue weighted by Crippen LogP contribution is -2.36. The zero-order chi connectivity index (χ0) is 22.0. The minimum atomic E-state index is -0.674. The highest BCUT2D eigenvalue weighted by Crippen LogP contribution is 2.22. The highest BCUT2D eigenvalue weighted by atomic mass is 32.1. The molecule has 0 saturated heterocycles. The molecule has 0 unspecified atom stereocenters. The Morgan fingerprint density at radius 2 is 1.84 bits per heavy atom. The van der Waals surface area contributed by atoms with Crippen LogP contribution in [-0.2, 0) is 16.0 Å². The molecule has 2 N–H and O–H groups in total. The lowest BCUT2D eigenvalue weighted by molar-refractivity contribution is -0.136. The van der Waals surface area contributed by atoms with E-state index in [4.69, 9.17) is 0 Å². The van der Waals surface area contributed by atoms with Crippen molar-refractivity contribution in [2.45, 2.75) is 27.2 Å². The molecule has 0 atom stereocenters. The fourth-order valence-electron chi connectivity index (χ4n) is 3.24. The van der Waals surface area contributed by atoms with Crippen molar-refractivity contribution in [3.63, 3.8) is 0 Å². The molecule has 0 radical (unpaired) electrons. The number of hydrogen-bond acceptors (Lipinski definition) is 5. The van der Waals surface area contributed by atoms with Gasteiger partial charge in [0, 0.05) is 29.6 Å². The molecule has 158 valence electrons. The van der Waals surface area contributed by atoms with Crippen LogP contribution in [0, 0.1) is 20.8 Å². The maximum absolute atomic E-state index is 12.2. The number of carbonyl (C=O) groups excluding carboxylic acids is 2. The van der Waals surface area contributed by atoms with E-state index in [9.17, 15) is 9.59 Å². The van der Waals surface area contributed by atoms with Crippen molar-refractivity contribution < 1.29 is 9.59 Å². The first-order valence-electron chi connectivity index (χ1n) is 9.97. The second kappa shape index (κ2) is 8.69. The van der Waals surface area contributed by atoms with Gasteiger partial charge in [0.15, 0.2) is 5.82 Å². The van der Waals surface area contributed by atoms with E-state index in [1.54, 1.807) is 4.52 Å². The van der Waals surface area contributed by atoms with Gasteiger partial charge in [-0.3, -0.25) is 9.59 Å². The zero-order valence-electron chi connectivity index (χ0n) is 17.6. The molecule has 0 aliphatic heterocycles. The molecular weight excluding hydrogens is 410 g/mol. The number of hydrogen-bond donors (Lipinski definition) is 2. The van der Waals surface area contributed by atoms with E-state index < -0.39 is 11.8 Å². The third-order valence-electron chi connectivity index (χ3n) is 4.94. The van der Waals surface area contributed by atoms with Crippen LogP contribution >= 0.6 is 11.3 Å². The lowest BCUT2D eigenvalue weighted by Gasteiger charge is -2.09. The van der Waals surface area contributed by atoms with Gasteiger partial charge in [0.1, 0.15) is 0 Å². The van der Waals surface area contributed by atoms with Crippen LogP contribution in [0.25, 0.3) is 16.3 Å². The van der Waals surface area contributed by atoms with Gasteiger partial charge in [0.2, 0.25) is 4.96 Å². The Morgan fingerprint density at radius 1 is 1.03 bits per heavy atom. The van der Waals surface area contributed by atoms with E-state index in [-0.39, 0.29) is 0 Å². The summed E-state index contributed by atoms with van der Waals surface area (Å²) in [5.74, 6) is -0.660. The number of carbonyl (C=O) groups is 2. The van der Waals surface area contributed by atoms with E-state index in [1.807, 2.05) is 68.6 Å². The predicted molar refractivity (Wildman–Crippen MR) is 122 cm³/mol. The summed E-state index contributed by atoms with van der Waals surface area (Å²) in [6, 6.07) is 13.8. The zero-order valence-corrected chi connectivity index (χ0v) is 18.4. The van der Waals surface area contributed by atoms with Gasteiger partial charge >= 0.3 is 11.8 Å². The Balaban J connectivity index is 1.37. The number of benzene rings is 2. The largest absolute Gasteiger partial charge is 0.347 e. The maximum Gasteiger partial charge on any atom is 0.313 e. The number of rotatable bonds is 5. The van der Waals surface area contributed by atoms with Gasteiger partial charge < -0.3 is 10.6 Å². The molecule has 2 heterocycles. The summed E-state index contributed by atoms with van der Waals surface area (Å²) in [5.41, 5.74) is 5.62. The topological polar surface area (TPSA) is 88.4 Å². The highest BCUT2D eigenvalue weighted by Gasteiger charge is 2.16. The molecule has 0 spiro atoms. The monoisotopic (exact) mass is 433 g/mol. The number of aryl methyl sites for hydroxylation is 3. The number of amides is 2. The predicted octanol–water partition coefficient (Wildman–Crippen LogP) is 3.68. The van der Waals surface area contributed by atoms with E-state index in [1.165, 1.54) is 11.3 Å². The molecule has 0 saturated carbocycles. The fourth-order valence-corrected chi connectivity index (χ4v) is 4.09. The van der Waals surface area contributed by atoms with Crippen molar-refractivity contribution >= 4 is 33.8 Å². The van der Waals surface area contributed by atoms with E-state index in [2.05, 4.69) is 20.7 Å². The lowest BCUT2D eigenvalue weighted by atomic mass is 10.1. The normalized spacial score (nSPS) is 10.9. The van der Waals surface area contributed by atoms with Gasteiger partial charge in [-0.2, -0.15) is 4.98 Å². The summed E-state index contributed by atoms with van der Waals surface area (Å²) in [6.45, 7) is 6.18. The van der Waals surface area contributed by atoms with Crippen LogP contribution in [0.15, 0.2) is 47.8 Å². The summed E-state index contributed by atoms with van der Waals surface area (Å²) >= 11 is 1.50. The van der Waals surface area contributed by atoms with Crippen molar-refractivity contribution in [3.05, 3.63) is 70.2 Å². The van der Waals surface area contributed by atoms with Gasteiger partial charge in [-0.25, -0.2) is 4.52 Å². The second-order valence-corrected chi connectivity index (χ2v) is 8.34.